The van der Waals surface area contributed by atoms with Crippen molar-refractivity contribution in [2.45, 2.75) is 26.2 Å². The van der Waals surface area contributed by atoms with Crippen LogP contribution in [0.1, 0.15) is 42.1 Å². The maximum atomic E-state index is 12.8. The highest BCUT2D eigenvalue weighted by atomic mass is 79.9. The summed E-state index contributed by atoms with van der Waals surface area (Å²) in [4.78, 5) is 26.8. The second-order valence-electron chi connectivity index (χ2n) is 7.62. The van der Waals surface area contributed by atoms with Crippen LogP contribution in [-0.4, -0.2) is 25.5 Å². The number of ether oxygens (including phenoxy) is 1. The van der Waals surface area contributed by atoms with Crippen molar-refractivity contribution >= 4 is 39.1 Å². The summed E-state index contributed by atoms with van der Waals surface area (Å²) in [5.41, 5.74) is 3.04. The molecule has 3 aromatic rings. The minimum atomic E-state index is -0.302. The van der Waals surface area contributed by atoms with Gasteiger partial charge >= 0.3 is 0 Å². The van der Waals surface area contributed by atoms with E-state index in [-0.39, 0.29) is 18.4 Å². The molecule has 3 aromatic carbocycles. The smallest absolute Gasteiger partial charge is 0.262 e. The molecule has 1 atom stereocenters. The van der Waals surface area contributed by atoms with Crippen molar-refractivity contribution in [2.75, 3.05) is 23.9 Å². The van der Waals surface area contributed by atoms with Gasteiger partial charge in [-0.2, -0.15) is 0 Å². The monoisotopic (exact) mass is 494 g/mol. The molecule has 1 unspecified atom stereocenters. The van der Waals surface area contributed by atoms with E-state index in [0.717, 1.165) is 16.6 Å². The third-order valence-corrected chi connectivity index (χ3v) is 5.96. The van der Waals surface area contributed by atoms with Crippen LogP contribution in [0.3, 0.4) is 0 Å². The molecular formula is C26H27BrN2O3. The van der Waals surface area contributed by atoms with Gasteiger partial charge in [0.1, 0.15) is 5.75 Å². The van der Waals surface area contributed by atoms with Gasteiger partial charge in [-0.1, -0.05) is 44.2 Å². The number of halogens is 1. The SMILES string of the molecule is CCC(C)c1ccc(OCC(=O)Nc2cccc(C(=O)N(C)c3ccccc3)c2)c(Br)c1. The molecule has 6 heteroatoms. The molecule has 0 aromatic heterocycles. The van der Waals surface area contributed by atoms with Gasteiger partial charge in [-0.05, 0) is 76.3 Å². The molecule has 1 N–H and O–H groups in total. The van der Waals surface area contributed by atoms with Crippen molar-refractivity contribution in [3.8, 4) is 5.75 Å². The molecule has 0 radical (unpaired) electrons. The fourth-order valence-corrected chi connectivity index (χ4v) is 3.72. The Hall–Kier alpha value is -3.12. The summed E-state index contributed by atoms with van der Waals surface area (Å²) < 4.78 is 6.50. The molecule has 5 nitrogen and oxygen atoms in total. The van der Waals surface area contributed by atoms with Crippen LogP contribution in [0, 0.1) is 0 Å². The molecule has 0 heterocycles. The normalized spacial score (nSPS) is 11.5. The zero-order valence-electron chi connectivity index (χ0n) is 18.5. The highest BCUT2D eigenvalue weighted by Crippen LogP contribution is 2.30. The number of nitrogens with zero attached hydrogens (tertiary/aromatic N) is 1. The average molecular weight is 495 g/mol. The summed E-state index contributed by atoms with van der Waals surface area (Å²) >= 11 is 3.52. The Labute approximate surface area is 197 Å². The summed E-state index contributed by atoms with van der Waals surface area (Å²) in [6.45, 7) is 4.19. The van der Waals surface area contributed by atoms with Crippen LogP contribution in [0.2, 0.25) is 0 Å². The Morgan fingerprint density at radius 1 is 1.03 bits per heavy atom. The molecular weight excluding hydrogens is 468 g/mol. The topological polar surface area (TPSA) is 58.6 Å². The van der Waals surface area contributed by atoms with Crippen LogP contribution in [0.5, 0.6) is 5.75 Å². The van der Waals surface area contributed by atoms with Gasteiger partial charge in [-0.25, -0.2) is 0 Å². The van der Waals surface area contributed by atoms with E-state index in [2.05, 4.69) is 35.1 Å². The van der Waals surface area contributed by atoms with Crippen LogP contribution in [0.25, 0.3) is 0 Å². The van der Waals surface area contributed by atoms with Crippen molar-refractivity contribution in [1.82, 2.24) is 0 Å². The van der Waals surface area contributed by atoms with E-state index in [1.54, 1.807) is 36.2 Å². The van der Waals surface area contributed by atoms with E-state index in [9.17, 15) is 9.59 Å². The molecule has 0 saturated heterocycles. The summed E-state index contributed by atoms with van der Waals surface area (Å²) in [7, 11) is 1.72. The number of benzene rings is 3. The maximum Gasteiger partial charge on any atom is 0.262 e. The number of nitrogens with one attached hydrogen (secondary N) is 1. The Bertz CT molecular complexity index is 1090. The molecule has 0 fully saturated rings. The average Bonchev–Trinajstić information content (AvgIpc) is 2.82. The van der Waals surface area contributed by atoms with Crippen LogP contribution in [0.15, 0.2) is 77.3 Å². The Kier molecular flexibility index (Phi) is 8.06. The Balaban J connectivity index is 1.61. The fraction of sp³-hybridized carbons (Fsp3) is 0.231. The lowest BCUT2D eigenvalue weighted by Crippen LogP contribution is -2.26. The quantitative estimate of drug-likeness (QED) is 0.402. The van der Waals surface area contributed by atoms with E-state index >= 15 is 0 Å². The lowest BCUT2D eigenvalue weighted by Gasteiger charge is -2.18. The minimum Gasteiger partial charge on any atom is -0.483 e. The highest BCUT2D eigenvalue weighted by molar-refractivity contribution is 9.10. The van der Waals surface area contributed by atoms with Gasteiger partial charge in [0, 0.05) is 24.0 Å². The number of rotatable bonds is 8. The minimum absolute atomic E-state index is 0.136. The summed E-state index contributed by atoms with van der Waals surface area (Å²) in [5.74, 6) is 0.609. The van der Waals surface area contributed by atoms with Crippen molar-refractivity contribution in [3.05, 3.63) is 88.4 Å². The number of carbonyl (C=O) groups excluding carboxylic acids is 2. The summed E-state index contributed by atoms with van der Waals surface area (Å²) in [6.07, 6.45) is 1.05. The van der Waals surface area contributed by atoms with Crippen LogP contribution in [-0.2, 0) is 4.79 Å². The number of carbonyl (C=O) groups is 2. The van der Waals surface area contributed by atoms with Gasteiger partial charge in [0.25, 0.3) is 11.8 Å². The van der Waals surface area contributed by atoms with Gasteiger partial charge in [0.05, 0.1) is 4.47 Å². The van der Waals surface area contributed by atoms with Crippen LogP contribution in [0.4, 0.5) is 11.4 Å². The van der Waals surface area contributed by atoms with Gasteiger partial charge < -0.3 is 15.0 Å². The first-order valence-corrected chi connectivity index (χ1v) is 11.3. The Morgan fingerprint density at radius 3 is 2.47 bits per heavy atom. The number of anilines is 2. The third-order valence-electron chi connectivity index (χ3n) is 5.34. The zero-order chi connectivity index (χ0) is 23.1. The van der Waals surface area contributed by atoms with E-state index in [0.29, 0.717) is 22.9 Å². The lowest BCUT2D eigenvalue weighted by atomic mass is 9.99. The predicted octanol–water partition coefficient (Wildman–Crippen LogP) is 6.26. The first-order chi connectivity index (χ1) is 15.4. The molecule has 32 heavy (non-hydrogen) atoms. The maximum absolute atomic E-state index is 12.8. The number of para-hydroxylation sites is 1. The summed E-state index contributed by atoms with van der Waals surface area (Å²) in [5, 5.41) is 2.79. The van der Waals surface area contributed by atoms with E-state index in [1.807, 2.05) is 48.5 Å². The molecule has 166 valence electrons. The van der Waals surface area contributed by atoms with E-state index in [1.165, 1.54) is 5.56 Å². The second kappa shape index (κ2) is 11.0. The van der Waals surface area contributed by atoms with Crippen molar-refractivity contribution in [3.63, 3.8) is 0 Å². The number of hydrogen-bond donors (Lipinski definition) is 1. The number of amides is 2. The molecule has 0 bridgehead atoms. The molecule has 0 aliphatic heterocycles. The van der Waals surface area contributed by atoms with E-state index < -0.39 is 0 Å². The predicted molar refractivity (Wildman–Crippen MR) is 133 cm³/mol. The van der Waals surface area contributed by atoms with Gasteiger partial charge in [-0.15, -0.1) is 0 Å². The van der Waals surface area contributed by atoms with Gasteiger partial charge in [0.2, 0.25) is 0 Å². The second-order valence-corrected chi connectivity index (χ2v) is 8.47. The molecule has 0 aliphatic rings. The van der Waals surface area contributed by atoms with Crippen molar-refractivity contribution < 1.29 is 14.3 Å². The van der Waals surface area contributed by atoms with Crippen molar-refractivity contribution in [1.29, 1.82) is 0 Å². The first kappa shape index (κ1) is 23.5. The molecule has 3 rings (SSSR count). The van der Waals surface area contributed by atoms with Gasteiger partial charge in [0.15, 0.2) is 6.61 Å². The largest absolute Gasteiger partial charge is 0.483 e. The molecule has 0 saturated carbocycles. The third kappa shape index (κ3) is 5.98. The number of hydrogen-bond acceptors (Lipinski definition) is 3. The van der Waals surface area contributed by atoms with Crippen molar-refractivity contribution in [2.24, 2.45) is 0 Å². The molecule has 0 spiro atoms. The molecule has 0 aliphatic carbocycles. The lowest BCUT2D eigenvalue weighted by molar-refractivity contribution is -0.118. The van der Waals surface area contributed by atoms with Crippen LogP contribution < -0.4 is 15.0 Å². The van der Waals surface area contributed by atoms with Crippen LogP contribution >= 0.6 is 15.9 Å². The van der Waals surface area contributed by atoms with E-state index in [4.69, 9.17) is 4.74 Å². The zero-order valence-corrected chi connectivity index (χ0v) is 20.1. The Morgan fingerprint density at radius 2 is 1.78 bits per heavy atom. The fourth-order valence-electron chi connectivity index (χ4n) is 3.21. The standard InChI is InChI=1S/C26H27BrN2O3/c1-4-18(2)19-13-14-24(23(27)16-19)32-17-25(30)28-21-10-8-9-20(15-21)26(31)29(3)22-11-6-5-7-12-22/h5-16,18H,4,17H2,1-3H3,(H,28,30). The van der Waals surface area contributed by atoms with Gasteiger partial charge in [-0.3, -0.25) is 9.59 Å². The molecule has 2 amide bonds. The first-order valence-electron chi connectivity index (χ1n) is 10.5. The highest BCUT2D eigenvalue weighted by Gasteiger charge is 2.15. The summed E-state index contributed by atoms with van der Waals surface area (Å²) in [6, 6.07) is 22.2.